The number of ether oxygens (including phenoxy) is 2. The molecule has 1 atom stereocenters. The maximum atomic E-state index is 13.5. The summed E-state index contributed by atoms with van der Waals surface area (Å²) in [7, 11) is 1.47. The molecule has 1 amide bonds. The average molecular weight is 631 g/mol. The fourth-order valence-corrected chi connectivity index (χ4v) is 5.24. The first kappa shape index (κ1) is 32.0. The molecule has 0 saturated heterocycles. The summed E-state index contributed by atoms with van der Waals surface area (Å²) in [5.41, 5.74) is 15.4. The maximum Gasteiger partial charge on any atom is 0.416 e. The molecular formula is C34H33F3N6O3. The third-order valence-corrected chi connectivity index (χ3v) is 7.50. The lowest BCUT2D eigenvalue weighted by Crippen LogP contribution is -2.32. The second-order valence-electron chi connectivity index (χ2n) is 10.7. The number of carbonyl (C=O) groups excluding carboxylic acids is 1. The summed E-state index contributed by atoms with van der Waals surface area (Å²) >= 11 is 0. The van der Waals surface area contributed by atoms with Crippen LogP contribution in [-0.2, 0) is 24.0 Å². The van der Waals surface area contributed by atoms with E-state index in [-0.39, 0.29) is 30.3 Å². The number of halogens is 3. The van der Waals surface area contributed by atoms with Gasteiger partial charge in [-0.2, -0.15) is 23.3 Å². The number of nitrogens with zero attached hydrogens (tertiary/aromatic N) is 4. The van der Waals surface area contributed by atoms with Crippen LogP contribution in [0.3, 0.4) is 0 Å². The molecule has 1 aliphatic rings. The SMILES string of the molecule is CCCC1c2ccccc2C=NN1C(=O)/C=C/c1cc(Cc2cnc(N)nc2N)cc(OCc2ccc(C(F)(F)F)cc2)c1OC. The van der Waals surface area contributed by atoms with E-state index in [1.165, 1.54) is 36.5 Å². The summed E-state index contributed by atoms with van der Waals surface area (Å²) < 4.78 is 50.9. The zero-order valence-electron chi connectivity index (χ0n) is 25.3. The number of hydrogen-bond donors (Lipinski definition) is 2. The van der Waals surface area contributed by atoms with Crippen LogP contribution in [0.1, 0.15) is 64.8 Å². The number of anilines is 2. The van der Waals surface area contributed by atoms with Gasteiger partial charge in [0.2, 0.25) is 5.95 Å². The van der Waals surface area contributed by atoms with Crippen molar-refractivity contribution in [2.45, 2.75) is 45.0 Å². The number of nitrogens with two attached hydrogens (primary N) is 2. The molecule has 4 aromatic rings. The molecule has 0 fully saturated rings. The molecule has 46 heavy (non-hydrogen) atoms. The van der Waals surface area contributed by atoms with Crippen molar-refractivity contribution in [3.63, 3.8) is 0 Å². The monoisotopic (exact) mass is 630 g/mol. The van der Waals surface area contributed by atoms with Crippen LogP contribution in [0.15, 0.2) is 78.0 Å². The van der Waals surface area contributed by atoms with Crippen LogP contribution >= 0.6 is 0 Å². The molecule has 0 bridgehead atoms. The number of methoxy groups -OCH3 is 1. The highest BCUT2D eigenvalue weighted by atomic mass is 19.4. The lowest BCUT2D eigenvalue weighted by atomic mass is 9.95. The quantitative estimate of drug-likeness (QED) is 0.190. The Bertz CT molecular complexity index is 1770. The lowest BCUT2D eigenvalue weighted by molar-refractivity contribution is -0.137. The largest absolute Gasteiger partial charge is 0.492 e. The van der Waals surface area contributed by atoms with Crippen LogP contribution in [0.25, 0.3) is 6.08 Å². The van der Waals surface area contributed by atoms with Crippen molar-refractivity contribution in [2.75, 3.05) is 18.6 Å². The Morgan fingerprint density at radius 1 is 1.07 bits per heavy atom. The first-order valence-electron chi connectivity index (χ1n) is 14.6. The molecule has 9 nitrogen and oxygen atoms in total. The fraction of sp³-hybridized carbons (Fsp3) is 0.235. The van der Waals surface area contributed by atoms with Crippen LogP contribution in [0.2, 0.25) is 0 Å². The van der Waals surface area contributed by atoms with Gasteiger partial charge in [-0.05, 0) is 59.0 Å². The average Bonchev–Trinajstić information content (AvgIpc) is 3.04. The zero-order chi connectivity index (χ0) is 32.8. The minimum absolute atomic E-state index is 0.0340. The highest BCUT2D eigenvalue weighted by molar-refractivity contribution is 5.95. The van der Waals surface area contributed by atoms with Crippen molar-refractivity contribution < 1.29 is 27.4 Å². The van der Waals surface area contributed by atoms with Gasteiger partial charge in [0.05, 0.1) is 24.9 Å². The second-order valence-corrected chi connectivity index (χ2v) is 10.7. The molecule has 3 aromatic carbocycles. The maximum absolute atomic E-state index is 13.5. The van der Waals surface area contributed by atoms with Gasteiger partial charge in [-0.3, -0.25) is 4.79 Å². The summed E-state index contributed by atoms with van der Waals surface area (Å²) in [5, 5.41) is 5.94. The molecule has 0 aliphatic carbocycles. The van der Waals surface area contributed by atoms with Crippen molar-refractivity contribution in [1.82, 2.24) is 15.0 Å². The van der Waals surface area contributed by atoms with E-state index in [1.807, 2.05) is 30.3 Å². The van der Waals surface area contributed by atoms with Gasteiger partial charge in [-0.15, -0.1) is 0 Å². The van der Waals surface area contributed by atoms with Gasteiger partial charge in [0.1, 0.15) is 12.4 Å². The van der Waals surface area contributed by atoms with Gasteiger partial charge in [0, 0.05) is 29.8 Å². The highest BCUT2D eigenvalue weighted by Crippen LogP contribution is 2.37. The van der Waals surface area contributed by atoms with E-state index < -0.39 is 11.7 Å². The van der Waals surface area contributed by atoms with Crippen molar-refractivity contribution in [3.05, 3.63) is 112 Å². The van der Waals surface area contributed by atoms with Crippen molar-refractivity contribution >= 4 is 30.0 Å². The molecular weight excluding hydrogens is 597 g/mol. The second kappa shape index (κ2) is 13.7. The summed E-state index contributed by atoms with van der Waals surface area (Å²) in [6.45, 7) is 2.02. The number of benzene rings is 3. The predicted octanol–water partition coefficient (Wildman–Crippen LogP) is 6.57. The highest BCUT2D eigenvalue weighted by Gasteiger charge is 2.30. The number of alkyl halides is 3. The molecule has 2 heterocycles. The minimum Gasteiger partial charge on any atom is -0.492 e. The summed E-state index contributed by atoms with van der Waals surface area (Å²) in [5.74, 6) is 0.589. The number of amides is 1. The number of aromatic nitrogens is 2. The van der Waals surface area contributed by atoms with Gasteiger partial charge < -0.3 is 20.9 Å². The standard InChI is InChI=1S/C34H33F3N6O3/c1-3-6-28-27-8-5-4-7-24(27)19-41-43(28)30(44)14-11-23-15-22(16-25-18-40-33(39)42-32(25)38)17-29(31(23)45-2)46-20-21-9-12-26(13-10-21)34(35,36)37/h4-5,7-15,17-19,28H,3,6,16,20H2,1-2H3,(H4,38,39,40,42)/b14-11+. The lowest BCUT2D eigenvalue weighted by Gasteiger charge is -2.31. The van der Waals surface area contributed by atoms with Gasteiger partial charge in [0.25, 0.3) is 5.91 Å². The molecule has 238 valence electrons. The molecule has 4 N–H and O–H groups in total. The van der Waals surface area contributed by atoms with Gasteiger partial charge in [-0.1, -0.05) is 49.7 Å². The van der Waals surface area contributed by atoms with E-state index in [1.54, 1.807) is 18.4 Å². The number of rotatable bonds is 10. The minimum atomic E-state index is -4.44. The van der Waals surface area contributed by atoms with E-state index in [9.17, 15) is 18.0 Å². The molecule has 0 radical (unpaired) electrons. The Kier molecular flexibility index (Phi) is 9.55. The van der Waals surface area contributed by atoms with E-state index in [4.69, 9.17) is 20.9 Å². The summed E-state index contributed by atoms with van der Waals surface area (Å²) in [4.78, 5) is 21.6. The van der Waals surface area contributed by atoms with Crippen molar-refractivity contribution in [3.8, 4) is 11.5 Å². The van der Waals surface area contributed by atoms with Crippen molar-refractivity contribution in [1.29, 1.82) is 0 Å². The van der Waals surface area contributed by atoms with Crippen LogP contribution in [-0.4, -0.2) is 34.2 Å². The molecule has 1 aliphatic heterocycles. The zero-order valence-corrected chi connectivity index (χ0v) is 25.3. The number of hydrazone groups is 1. The van der Waals surface area contributed by atoms with Gasteiger partial charge in [-0.25, -0.2) is 9.99 Å². The van der Waals surface area contributed by atoms with E-state index in [2.05, 4.69) is 22.0 Å². The first-order valence-corrected chi connectivity index (χ1v) is 14.6. The number of carbonyl (C=O) groups is 1. The summed E-state index contributed by atoms with van der Waals surface area (Å²) in [6, 6.07) is 15.9. The number of nitrogen functional groups attached to an aromatic ring is 2. The Hall–Kier alpha value is -5.39. The van der Waals surface area contributed by atoms with Crippen LogP contribution in [0.5, 0.6) is 11.5 Å². The first-order chi connectivity index (χ1) is 22.1. The van der Waals surface area contributed by atoms with Crippen LogP contribution in [0, 0.1) is 0 Å². The molecule has 12 heteroatoms. The van der Waals surface area contributed by atoms with Crippen molar-refractivity contribution in [2.24, 2.45) is 5.10 Å². The van der Waals surface area contributed by atoms with Crippen LogP contribution < -0.4 is 20.9 Å². The van der Waals surface area contributed by atoms with E-state index in [0.717, 1.165) is 41.7 Å². The Morgan fingerprint density at radius 3 is 2.52 bits per heavy atom. The van der Waals surface area contributed by atoms with Gasteiger partial charge >= 0.3 is 6.18 Å². The molecule has 1 aromatic heterocycles. The molecule has 0 spiro atoms. The normalized spacial score (nSPS) is 14.4. The third-order valence-electron chi connectivity index (χ3n) is 7.50. The Labute approximate surface area is 264 Å². The van der Waals surface area contributed by atoms with Gasteiger partial charge in [0.15, 0.2) is 11.5 Å². The van der Waals surface area contributed by atoms with Crippen LogP contribution in [0.4, 0.5) is 24.9 Å². The summed E-state index contributed by atoms with van der Waals surface area (Å²) in [6.07, 6.45) is 3.71. The molecule has 5 rings (SSSR count). The smallest absolute Gasteiger partial charge is 0.416 e. The molecule has 0 saturated carbocycles. The Morgan fingerprint density at radius 2 is 1.83 bits per heavy atom. The number of fused-ring (bicyclic) bond motifs is 1. The predicted molar refractivity (Wildman–Crippen MR) is 170 cm³/mol. The molecule has 1 unspecified atom stereocenters. The fourth-order valence-electron chi connectivity index (χ4n) is 5.24. The third kappa shape index (κ3) is 7.28. The van der Waals surface area contributed by atoms with E-state index in [0.29, 0.717) is 34.6 Å². The topological polar surface area (TPSA) is 129 Å². The Balaban J connectivity index is 1.46. The number of hydrogen-bond acceptors (Lipinski definition) is 8. The van der Waals surface area contributed by atoms with E-state index >= 15 is 0 Å².